The smallest absolute Gasteiger partial charge is 0.381 e. The fraction of sp³-hybridized carbons (Fsp3) is 0.409. The van der Waals surface area contributed by atoms with E-state index in [4.69, 9.17) is 4.74 Å². The van der Waals surface area contributed by atoms with E-state index in [-0.39, 0.29) is 24.9 Å². The second kappa shape index (κ2) is 9.75. The van der Waals surface area contributed by atoms with Crippen LogP contribution in [-0.4, -0.2) is 72.0 Å². The number of piperazine rings is 1. The molecule has 2 aliphatic heterocycles. The number of ether oxygens (including phenoxy) is 1. The van der Waals surface area contributed by atoms with Crippen molar-refractivity contribution in [3.8, 4) is 0 Å². The molecule has 1 N–H and O–H groups in total. The average Bonchev–Trinajstić information content (AvgIpc) is 3.12. The largest absolute Gasteiger partial charge is 0.419 e. The van der Waals surface area contributed by atoms with Gasteiger partial charge in [0.1, 0.15) is 0 Å². The van der Waals surface area contributed by atoms with Gasteiger partial charge in [-0.25, -0.2) is 9.97 Å². The van der Waals surface area contributed by atoms with Crippen LogP contribution in [0.5, 0.6) is 0 Å². The first-order valence-corrected chi connectivity index (χ1v) is 10.7. The SMILES string of the molecule is O=C1NC(=O)c2c(CCOCCC(=O)N3CCN(c4ncc(C(F)(F)F)cn4)CC3)cccc21. The predicted octanol–water partition coefficient (Wildman–Crippen LogP) is 1.68. The number of alkyl halides is 3. The Morgan fingerprint density at radius 1 is 1.03 bits per heavy atom. The molecule has 3 heterocycles. The van der Waals surface area contributed by atoms with Crippen molar-refractivity contribution in [3.05, 3.63) is 52.8 Å². The van der Waals surface area contributed by atoms with Gasteiger partial charge in [0.2, 0.25) is 11.9 Å². The van der Waals surface area contributed by atoms with Crippen LogP contribution in [-0.2, 0) is 22.1 Å². The van der Waals surface area contributed by atoms with Crippen LogP contribution < -0.4 is 10.2 Å². The maximum atomic E-state index is 12.6. The number of hydrogen-bond donors (Lipinski definition) is 1. The normalized spacial score (nSPS) is 16.0. The molecule has 1 aromatic heterocycles. The van der Waals surface area contributed by atoms with E-state index in [0.29, 0.717) is 55.9 Å². The van der Waals surface area contributed by atoms with Gasteiger partial charge in [0.25, 0.3) is 11.8 Å². The summed E-state index contributed by atoms with van der Waals surface area (Å²) in [6, 6.07) is 5.08. The van der Waals surface area contributed by atoms with E-state index in [2.05, 4.69) is 15.3 Å². The molecular formula is C22H22F3N5O4. The molecule has 0 radical (unpaired) electrons. The van der Waals surface area contributed by atoms with Crippen LogP contribution in [0.25, 0.3) is 0 Å². The van der Waals surface area contributed by atoms with Gasteiger partial charge in [-0.3, -0.25) is 19.7 Å². The summed E-state index contributed by atoms with van der Waals surface area (Å²) >= 11 is 0. The molecule has 0 atom stereocenters. The summed E-state index contributed by atoms with van der Waals surface area (Å²) in [7, 11) is 0. The number of amides is 3. The Bertz CT molecular complexity index is 1080. The number of anilines is 1. The molecule has 2 aromatic rings. The molecule has 2 aliphatic rings. The van der Waals surface area contributed by atoms with Gasteiger partial charge in [-0.2, -0.15) is 13.2 Å². The molecule has 4 rings (SSSR count). The molecule has 0 aliphatic carbocycles. The van der Waals surface area contributed by atoms with Crippen LogP contribution in [0.15, 0.2) is 30.6 Å². The Balaban J connectivity index is 1.18. The van der Waals surface area contributed by atoms with E-state index < -0.39 is 23.6 Å². The van der Waals surface area contributed by atoms with Crippen LogP contribution in [0, 0.1) is 0 Å². The van der Waals surface area contributed by atoms with Crippen molar-refractivity contribution in [2.24, 2.45) is 0 Å². The number of carbonyl (C=O) groups is 3. The molecule has 0 bridgehead atoms. The summed E-state index contributed by atoms with van der Waals surface area (Å²) in [5, 5.41) is 2.27. The van der Waals surface area contributed by atoms with E-state index >= 15 is 0 Å². The molecule has 9 nitrogen and oxygen atoms in total. The number of hydrogen-bond acceptors (Lipinski definition) is 7. The quantitative estimate of drug-likeness (QED) is 0.478. The molecule has 34 heavy (non-hydrogen) atoms. The van der Waals surface area contributed by atoms with Crippen molar-refractivity contribution in [1.29, 1.82) is 0 Å². The molecule has 0 unspecified atom stereocenters. The molecule has 12 heteroatoms. The van der Waals surface area contributed by atoms with E-state index in [1.807, 2.05) is 0 Å². The van der Waals surface area contributed by atoms with Gasteiger partial charge < -0.3 is 14.5 Å². The predicted molar refractivity (Wildman–Crippen MR) is 113 cm³/mol. The first-order valence-electron chi connectivity index (χ1n) is 10.7. The van der Waals surface area contributed by atoms with Crippen LogP contribution >= 0.6 is 0 Å². The van der Waals surface area contributed by atoms with Crippen LogP contribution in [0.2, 0.25) is 0 Å². The first kappa shape index (κ1) is 23.6. The third-order valence-corrected chi connectivity index (χ3v) is 5.71. The second-order valence-corrected chi connectivity index (χ2v) is 7.87. The van der Waals surface area contributed by atoms with Gasteiger partial charge >= 0.3 is 6.18 Å². The topological polar surface area (TPSA) is 105 Å². The van der Waals surface area contributed by atoms with E-state index in [1.165, 1.54) is 0 Å². The van der Waals surface area contributed by atoms with E-state index in [9.17, 15) is 27.6 Å². The second-order valence-electron chi connectivity index (χ2n) is 7.87. The van der Waals surface area contributed by atoms with Gasteiger partial charge in [-0.15, -0.1) is 0 Å². The summed E-state index contributed by atoms with van der Waals surface area (Å²) in [4.78, 5) is 47.1. The lowest BCUT2D eigenvalue weighted by molar-refractivity contribution is -0.138. The molecule has 0 spiro atoms. The van der Waals surface area contributed by atoms with E-state index in [1.54, 1.807) is 28.0 Å². The average molecular weight is 477 g/mol. The van der Waals surface area contributed by atoms with Gasteiger partial charge in [-0.05, 0) is 18.1 Å². The van der Waals surface area contributed by atoms with Crippen LogP contribution in [0.3, 0.4) is 0 Å². The van der Waals surface area contributed by atoms with Crippen molar-refractivity contribution in [1.82, 2.24) is 20.2 Å². The summed E-state index contributed by atoms with van der Waals surface area (Å²) < 4.78 is 43.5. The number of imide groups is 1. The number of carbonyl (C=O) groups excluding carboxylic acids is 3. The highest BCUT2D eigenvalue weighted by atomic mass is 19.4. The minimum absolute atomic E-state index is 0.0847. The Hall–Kier alpha value is -3.54. The Labute approximate surface area is 192 Å². The minimum atomic E-state index is -4.49. The molecule has 0 saturated carbocycles. The highest BCUT2D eigenvalue weighted by Crippen LogP contribution is 2.28. The van der Waals surface area contributed by atoms with Gasteiger partial charge in [0.05, 0.1) is 36.3 Å². The Morgan fingerprint density at radius 2 is 1.74 bits per heavy atom. The number of rotatable bonds is 7. The zero-order valence-electron chi connectivity index (χ0n) is 18.1. The van der Waals surface area contributed by atoms with Crippen LogP contribution in [0.1, 0.15) is 38.3 Å². The van der Waals surface area contributed by atoms with Crippen molar-refractivity contribution < 1.29 is 32.3 Å². The number of nitrogens with zero attached hydrogens (tertiary/aromatic N) is 4. The zero-order valence-corrected chi connectivity index (χ0v) is 18.1. The third-order valence-electron chi connectivity index (χ3n) is 5.71. The molecular weight excluding hydrogens is 455 g/mol. The monoisotopic (exact) mass is 477 g/mol. The number of nitrogens with one attached hydrogen (secondary N) is 1. The van der Waals surface area contributed by atoms with Gasteiger partial charge in [0, 0.05) is 38.6 Å². The zero-order chi connectivity index (χ0) is 24.3. The van der Waals surface area contributed by atoms with Crippen molar-refractivity contribution in [3.63, 3.8) is 0 Å². The summed E-state index contributed by atoms with van der Waals surface area (Å²) in [6.07, 6.45) is -2.36. The highest BCUT2D eigenvalue weighted by molar-refractivity contribution is 6.22. The Kier molecular flexibility index (Phi) is 6.77. The Morgan fingerprint density at radius 3 is 2.41 bits per heavy atom. The van der Waals surface area contributed by atoms with Crippen molar-refractivity contribution >= 4 is 23.7 Å². The fourth-order valence-electron chi connectivity index (χ4n) is 3.89. The third kappa shape index (κ3) is 5.16. The van der Waals surface area contributed by atoms with Crippen LogP contribution in [0.4, 0.5) is 19.1 Å². The summed E-state index contributed by atoms with van der Waals surface area (Å²) in [5.41, 5.74) is 0.549. The number of halogens is 3. The van der Waals surface area contributed by atoms with Gasteiger partial charge in [0.15, 0.2) is 0 Å². The number of aromatic nitrogens is 2. The van der Waals surface area contributed by atoms with E-state index in [0.717, 1.165) is 12.4 Å². The minimum Gasteiger partial charge on any atom is -0.381 e. The molecule has 1 fully saturated rings. The van der Waals surface area contributed by atoms with Gasteiger partial charge in [-0.1, -0.05) is 12.1 Å². The number of fused-ring (bicyclic) bond motifs is 1. The first-order chi connectivity index (χ1) is 16.2. The lowest BCUT2D eigenvalue weighted by atomic mass is 10.0. The molecule has 3 amide bonds. The molecule has 1 aromatic carbocycles. The molecule has 180 valence electrons. The number of benzene rings is 1. The maximum absolute atomic E-state index is 12.6. The maximum Gasteiger partial charge on any atom is 0.419 e. The standard InChI is InChI=1S/C22H22F3N5O4/c23-22(24,25)15-12-26-21(27-13-15)30-8-6-29(7-9-30)17(31)5-11-34-10-4-14-2-1-3-16-18(14)20(33)28-19(16)32/h1-3,12-13H,4-11H2,(H,28,32,33). The lowest BCUT2D eigenvalue weighted by Crippen LogP contribution is -2.49. The van der Waals surface area contributed by atoms with Crippen molar-refractivity contribution in [2.45, 2.75) is 19.0 Å². The fourth-order valence-corrected chi connectivity index (χ4v) is 3.89. The van der Waals surface area contributed by atoms with Crippen molar-refractivity contribution in [2.75, 3.05) is 44.3 Å². The summed E-state index contributed by atoms with van der Waals surface area (Å²) in [5.74, 6) is -0.699. The summed E-state index contributed by atoms with van der Waals surface area (Å²) in [6.45, 7) is 2.15. The highest BCUT2D eigenvalue weighted by Gasteiger charge is 2.32. The lowest BCUT2D eigenvalue weighted by Gasteiger charge is -2.34. The molecule has 1 saturated heterocycles.